The molecule has 0 heterocycles. The van der Waals surface area contributed by atoms with Crippen molar-refractivity contribution in [1.82, 2.24) is 5.32 Å². The van der Waals surface area contributed by atoms with Crippen LogP contribution >= 0.6 is 0 Å². The van der Waals surface area contributed by atoms with Crippen molar-refractivity contribution in [2.45, 2.75) is 6.42 Å². The molecule has 106 valence electrons. The van der Waals surface area contributed by atoms with Crippen LogP contribution in [0.4, 0.5) is 11.4 Å². The molecule has 6 N–H and O–H groups in total. The second kappa shape index (κ2) is 6.39. The van der Waals surface area contributed by atoms with Crippen molar-refractivity contribution in [3.8, 4) is 0 Å². The topological polar surface area (TPSA) is 127 Å². The van der Waals surface area contributed by atoms with E-state index in [0.717, 1.165) is 0 Å². The normalized spacial score (nSPS) is 11.1. The van der Waals surface area contributed by atoms with Crippen LogP contribution in [0.5, 0.6) is 0 Å². The quantitative estimate of drug-likeness (QED) is 0.422. The lowest BCUT2D eigenvalue weighted by Crippen LogP contribution is -2.21. The van der Waals surface area contributed by atoms with Crippen LogP contribution in [-0.2, 0) is 10.0 Å². The van der Waals surface area contributed by atoms with Gasteiger partial charge in [0.25, 0.3) is 5.91 Å². The van der Waals surface area contributed by atoms with Crippen molar-refractivity contribution in [2.24, 2.45) is 5.14 Å². The molecule has 1 amide bonds. The molecule has 0 unspecified atom stereocenters. The van der Waals surface area contributed by atoms with Crippen molar-refractivity contribution in [3.05, 3.63) is 23.8 Å². The second-order valence-corrected chi connectivity index (χ2v) is 5.77. The summed E-state index contributed by atoms with van der Waals surface area (Å²) in [7, 11) is -1.93. The van der Waals surface area contributed by atoms with Gasteiger partial charge in [-0.1, -0.05) is 0 Å². The molecule has 0 aromatic heterocycles. The van der Waals surface area contributed by atoms with Crippen molar-refractivity contribution in [1.29, 1.82) is 0 Å². The van der Waals surface area contributed by atoms with Gasteiger partial charge in [-0.3, -0.25) is 4.79 Å². The molecular weight excluding hydrogens is 268 g/mol. The number of carbonyl (C=O) groups excluding carboxylic acids is 1. The molecule has 0 spiro atoms. The molecule has 1 rings (SSSR count). The fourth-order valence-corrected chi connectivity index (χ4v) is 2.08. The molecule has 1 aromatic rings. The first-order chi connectivity index (χ1) is 8.83. The Bertz CT molecular complexity index is 557. The van der Waals surface area contributed by atoms with E-state index in [4.69, 9.17) is 10.9 Å². The number of carbonyl (C=O) groups is 1. The van der Waals surface area contributed by atoms with Crippen LogP contribution < -0.4 is 21.5 Å². The van der Waals surface area contributed by atoms with Gasteiger partial charge in [0.05, 0.1) is 11.3 Å². The number of rotatable bonds is 6. The van der Waals surface area contributed by atoms with E-state index in [0.29, 0.717) is 29.9 Å². The van der Waals surface area contributed by atoms with Crippen molar-refractivity contribution in [3.63, 3.8) is 0 Å². The number of nitrogen functional groups attached to an aromatic ring is 1. The minimum atomic E-state index is -3.46. The summed E-state index contributed by atoms with van der Waals surface area (Å²) < 4.78 is 21.6. The van der Waals surface area contributed by atoms with E-state index in [1.54, 1.807) is 18.2 Å². The minimum absolute atomic E-state index is 0.113. The molecule has 1 aromatic carbocycles. The maximum absolute atomic E-state index is 11.6. The number of primary sulfonamides is 1. The fraction of sp³-hybridized carbons (Fsp3) is 0.364. The first-order valence-electron chi connectivity index (χ1n) is 5.69. The van der Waals surface area contributed by atoms with Gasteiger partial charge in [0.15, 0.2) is 0 Å². The average Bonchev–Trinajstić information content (AvgIpc) is 2.33. The Morgan fingerprint density at radius 2 is 2.05 bits per heavy atom. The molecule has 0 atom stereocenters. The summed E-state index contributed by atoms with van der Waals surface area (Å²) >= 11 is 0. The third kappa shape index (κ3) is 5.14. The molecule has 0 bridgehead atoms. The molecule has 0 aliphatic heterocycles. The standard InChI is InChI=1S/C11H18N4O3S/c1-14-11(16)9-4-3-8(12)7-10(9)15-5-2-6-19(13,17)18/h3-4,7,15H,2,5-6,12H2,1H3,(H,14,16)(H2,13,17,18). The fourth-order valence-electron chi connectivity index (χ4n) is 1.54. The van der Waals surface area contributed by atoms with Crippen LogP contribution in [0, 0.1) is 0 Å². The molecule has 0 aliphatic rings. The largest absolute Gasteiger partial charge is 0.399 e. The number of amides is 1. The first-order valence-corrected chi connectivity index (χ1v) is 7.41. The molecule has 7 nitrogen and oxygen atoms in total. The van der Waals surface area contributed by atoms with E-state index in [2.05, 4.69) is 10.6 Å². The summed E-state index contributed by atoms with van der Waals surface area (Å²) in [5.41, 5.74) is 7.19. The Balaban J connectivity index is 2.71. The minimum Gasteiger partial charge on any atom is -0.399 e. The number of sulfonamides is 1. The summed E-state index contributed by atoms with van der Waals surface area (Å²) in [6, 6.07) is 4.86. The highest BCUT2D eigenvalue weighted by molar-refractivity contribution is 7.89. The van der Waals surface area contributed by atoms with Crippen molar-refractivity contribution < 1.29 is 13.2 Å². The van der Waals surface area contributed by atoms with Crippen LogP contribution in [0.25, 0.3) is 0 Å². The highest BCUT2D eigenvalue weighted by Crippen LogP contribution is 2.19. The van der Waals surface area contributed by atoms with Gasteiger partial charge < -0.3 is 16.4 Å². The van der Waals surface area contributed by atoms with Gasteiger partial charge in [-0.2, -0.15) is 0 Å². The van der Waals surface area contributed by atoms with Crippen LogP contribution in [0.15, 0.2) is 18.2 Å². The number of nitrogens with two attached hydrogens (primary N) is 2. The average molecular weight is 286 g/mol. The molecule has 8 heteroatoms. The monoisotopic (exact) mass is 286 g/mol. The van der Waals surface area contributed by atoms with Gasteiger partial charge in [0.1, 0.15) is 0 Å². The van der Waals surface area contributed by atoms with Crippen molar-refractivity contribution in [2.75, 3.05) is 30.4 Å². The van der Waals surface area contributed by atoms with E-state index in [-0.39, 0.29) is 11.7 Å². The maximum Gasteiger partial charge on any atom is 0.253 e. The lowest BCUT2D eigenvalue weighted by atomic mass is 10.1. The smallest absolute Gasteiger partial charge is 0.253 e. The lowest BCUT2D eigenvalue weighted by Gasteiger charge is -2.11. The zero-order valence-electron chi connectivity index (χ0n) is 10.6. The number of benzene rings is 1. The summed E-state index contributed by atoms with van der Waals surface area (Å²) in [4.78, 5) is 11.6. The van der Waals surface area contributed by atoms with Gasteiger partial charge >= 0.3 is 0 Å². The van der Waals surface area contributed by atoms with Gasteiger partial charge in [-0.25, -0.2) is 13.6 Å². The molecular formula is C11H18N4O3S. The first kappa shape index (κ1) is 15.3. The Morgan fingerprint density at radius 3 is 2.63 bits per heavy atom. The number of hydrogen-bond acceptors (Lipinski definition) is 5. The Kier molecular flexibility index (Phi) is 5.13. The lowest BCUT2D eigenvalue weighted by molar-refractivity contribution is 0.0964. The van der Waals surface area contributed by atoms with E-state index < -0.39 is 10.0 Å². The summed E-state index contributed by atoms with van der Waals surface area (Å²) in [6.45, 7) is 0.379. The third-order valence-corrected chi connectivity index (χ3v) is 3.29. The van der Waals surface area contributed by atoms with Gasteiger partial charge in [0, 0.05) is 25.0 Å². The Labute approximate surface area is 112 Å². The Hall–Kier alpha value is -1.80. The van der Waals surface area contributed by atoms with Gasteiger partial charge in [0.2, 0.25) is 10.0 Å². The van der Waals surface area contributed by atoms with Gasteiger partial charge in [-0.05, 0) is 24.6 Å². The zero-order valence-corrected chi connectivity index (χ0v) is 11.5. The van der Waals surface area contributed by atoms with E-state index >= 15 is 0 Å². The third-order valence-electron chi connectivity index (χ3n) is 2.44. The molecule has 0 saturated heterocycles. The SMILES string of the molecule is CNC(=O)c1ccc(N)cc1NCCCS(N)(=O)=O. The predicted octanol–water partition coefficient (Wildman–Crippen LogP) is -0.281. The highest BCUT2D eigenvalue weighted by Gasteiger charge is 2.10. The highest BCUT2D eigenvalue weighted by atomic mass is 32.2. The zero-order chi connectivity index (χ0) is 14.5. The van der Waals surface area contributed by atoms with Crippen LogP contribution in [-0.4, -0.2) is 33.7 Å². The molecule has 0 aliphatic carbocycles. The van der Waals surface area contributed by atoms with Crippen molar-refractivity contribution >= 4 is 27.3 Å². The number of anilines is 2. The molecule has 0 saturated carbocycles. The number of hydrogen-bond donors (Lipinski definition) is 4. The summed E-state index contributed by atoms with van der Waals surface area (Å²) in [5.74, 6) is -0.355. The van der Waals surface area contributed by atoms with Crippen LogP contribution in [0.2, 0.25) is 0 Å². The van der Waals surface area contributed by atoms with E-state index in [1.165, 1.54) is 7.05 Å². The molecule has 0 fully saturated rings. The van der Waals surface area contributed by atoms with E-state index in [9.17, 15) is 13.2 Å². The summed E-state index contributed by atoms with van der Waals surface area (Å²) in [6.07, 6.45) is 0.348. The van der Waals surface area contributed by atoms with E-state index in [1.807, 2.05) is 0 Å². The maximum atomic E-state index is 11.6. The predicted molar refractivity (Wildman–Crippen MR) is 75.3 cm³/mol. The second-order valence-electron chi connectivity index (χ2n) is 4.03. The molecule has 19 heavy (non-hydrogen) atoms. The Morgan fingerprint density at radius 1 is 1.37 bits per heavy atom. The van der Waals surface area contributed by atoms with Crippen LogP contribution in [0.3, 0.4) is 0 Å². The summed E-state index contributed by atoms with van der Waals surface area (Å²) in [5, 5.41) is 10.4. The number of nitrogens with one attached hydrogen (secondary N) is 2. The van der Waals surface area contributed by atoms with Gasteiger partial charge in [-0.15, -0.1) is 0 Å². The van der Waals surface area contributed by atoms with Crippen LogP contribution in [0.1, 0.15) is 16.8 Å². The molecule has 0 radical (unpaired) electrons.